The molecule has 26 heavy (non-hydrogen) atoms. The lowest BCUT2D eigenvalue weighted by atomic mass is 10.1. The summed E-state index contributed by atoms with van der Waals surface area (Å²) in [4.78, 5) is 31.3. The third kappa shape index (κ3) is 2.78. The van der Waals surface area contributed by atoms with E-state index < -0.39 is 0 Å². The quantitative estimate of drug-likeness (QED) is 0.799. The van der Waals surface area contributed by atoms with E-state index in [0.29, 0.717) is 22.9 Å². The molecule has 0 atom stereocenters. The fourth-order valence-electron chi connectivity index (χ4n) is 3.73. The first-order chi connectivity index (χ1) is 12.6. The second-order valence-corrected chi connectivity index (χ2v) is 7.12. The van der Waals surface area contributed by atoms with Crippen LogP contribution in [-0.4, -0.2) is 48.9 Å². The Morgan fingerprint density at radius 3 is 1.73 bits per heavy atom. The summed E-state index contributed by atoms with van der Waals surface area (Å²) in [5, 5.41) is 0. The number of carbonyl (C=O) groups is 2. The molecule has 4 rings (SSSR count). The van der Waals surface area contributed by atoms with Gasteiger partial charge in [-0.3, -0.25) is 14.5 Å². The normalized spacial score (nSPS) is 18.0. The molecule has 2 heterocycles. The number of hydrogen-bond donors (Lipinski definition) is 0. The van der Waals surface area contributed by atoms with Crippen LogP contribution in [0.5, 0.6) is 0 Å². The molecule has 2 amide bonds. The molecule has 0 aliphatic carbocycles. The van der Waals surface area contributed by atoms with Crippen molar-refractivity contribution in [3.8, 4) is 0 Å². The summed E-state index contributed by atoms with van der Waals surface area (Å²) in [6.07, 6.45) is 0. The minimum absolute atomic E-state index is 0.246. The van der Waals surface area contributed by atoms with Gasteiger partial charge in [-0.05, 0) is 50.2 Å². The molecule has 5 heteroatoms. The van der Waals surface area contributed by atoms with Crippen LogP contribution in [0.15, 0.2) is 48.5 Å². The molecule has 0 N–H and O–H groups in total. The minimum Gasteiger partial charge on any atom is -0.369 e. The predicted molar refractivity (Wildman–Crippen MR) is 103 cm³/mol. The van der Waals surface area contributed by atoms with Gasteiger partial charge in [0.2, 0.25) is 0 Å². The maximum Gasteiger partial charge on any atom is 0.266 e. The van der Waals surface area contributed by atoms with E-state index >= 15 is 0 Å². The number of rotatable bonds is 3. The van der Waals surface area contributed by atoms with Crippen LogP contribution in [0.25, 0.3) is 0 Å². The first kappa shape index (κ1) is 16.8. The number of piperazine rings is 1. The van der Waals surface area contributed by atoms with Crippen LogP contribution in [0.3, 0.4) is 0 Å². The Balaban J connectivity index is 1.51. The van der Waals surface area contributed by atoms with Crippen LogP contribution in [0.1, 0.15) is 34.6 Å². The van der Waals surface area contributed by atoms with Gasteiger partial charge in [0, 0.05) is 37.9 Å². The maximum absolute atomic E-state index is 12.6. The summed E-state index contributed by atoms with van der Waals surface area (Å²) in [5.41, 5.74) is 2.72. The zero-order valence-electron chi connectivity index (χ0n) is 15.2. The molecule has 2 aromatic carbocycles. The number of carbonyl (C=O) groups excluding carboxylic acids is 2. The van der Waals surface area contributed by atoms with E-state index in [2.05, 4.69) is 23.6 Å². The number of imide groups is 1. The lowest BCUT2D eigenvalue weighted by Gasteiger charge is -2.38. The number of amides is 2. The van der Waals surface area contributed by atoms with Gasteiger partial charge in [0.25, 0.3) is 11.8 Å². The average Bonchev–Trinajstić information content (AvgIpc) is 2.93. The van der Waals surface area contributed by atoms with Gasteiger partial charge >= 0.3 is 0 Å². The van der Waals surface area contributed by atoms with E-state index in [0.717, 1.165) is 31.9 Å². The zero-order chi connectivity index (χ0) is 18.3. The van der Waals surface area contributed by atoms with Crippen LogP contribution < -0.4 is 9.80 Å². The standard InChI is InChI=1S/C21H23N3O2/c1-15(2)22-11-13-23(14-12-22)16-7-9-17(10-8-16)24-20(25)18-5-3-4-6-19(18)21(24)26/h3-10,15H,11-14H2,1-2H3. The molecule has 0 radical (unpaired) electrons. The molecule has 5 nitrogen and oxygen atoms in total. The molecule has 134 valence electrons. The smallest absolute Gasteiger partial charge is 0.266 e. The number of nitrogens with zero attached hydrogens (tertiary/aromatic N) is 3. The number of fused-ring (bicyclic) bond motifs is 1. The van der Waals surface area contributed by atoms with Gasteiger partial charge in [-0.2, -0.15) is 0 Å². The van der Waals surface area contributed by atoms with Gasteiger partial charge in [-0.25, -0.2) is 4.90 Å². The van der Waals surface area contributed by atoms with Crippen molar-refractivity contribution in [3.63, 3.8) is 0 Å². The Hall–Kier alpha value is -2.66. The Morgan fingerprint density at radius 1 is 0.731 bits per heavy atom. The van der Waals surface area contributed by atoms with Crippen LogP contribution in [0.4, 0.5) is 11.4 Å². The molecule has 2 aromatic rings. The summed E-state index contributed by atoms with van der Waals surface area (Å²) in [6.45, 7) is 8.55. The molecule has 0 saturated carbocycles. The highest BCUT2D eigenvalue weighted by Gasteiger charge is 2.36. The molecule has 0 aromatic heterocycles. The third-order valence-corrected chi connectivity index (χ3v) is 5.31. The summed E-state index contributed by atoms with van der Waals surface area (Å²) in [5.74, 6) is -0.493. The fraction of sp³-hybridized carbons (Fsp3) is 0.333. The van der Waals surface area contributed by atoms with Crippen molar-refractivity contribution in [1.29, 1.82) is 0 Å². The lowest BCUT2D eigenvalue weighted by molar-refractivity contribution is 0.0926. The Labute approximate surface area is 153 Å². The Morgan fingerprint density at radius 2 is 1.23 bits per heavy atom. The Kier molecular flexibility index (Phi) is 4.24. The van der Waals surface area contributed by atoms with E-state index in [1.807, 2.05) is 24.3 Å². The maximum atomic E-state index is 12.6. The van der Waals surface area contributed by atoms with Gasteiger partial charge in [0.15, 0.2) is 0 Å². The number of hydrogen-bond acceptors (Lipinski definition) is 4. The minimum atomic E-state index is -0.246. The van der Waals surface area contributed by atoms with Crippen LogP contribution in [0.2, 0.25) is 0 Å². The van der Waals surface area contributed by atoms with Gasteiger partial charge in [0.05, 0.1) is 16.8 Å². The Bertz CT molecular complexity index is 802. The largest absolute Gasteiger partial charge is 0.369 e. The fourth-order valence-corrected chi connectivity index (χ4v) is 3.73. The molecule has 2 aliphatic heterocycles. The van der Waals surface area contributed by atoms with E-state index in [9.17, 15) is 9.59 Å². The molecular formula is C21H23N3O2. The number of benzene rings is 2. The van der Waals surface area contributed by atoms with Gasteiger partial charge in [-0.1, -0.05) is 12.1 Å². The van der Waals surface area contributed by atoms with Crippen LogP contribution in [-0.2, 0) is 0 Å². The monoisotopic (exact) mass is 349 g/mol. The first-order valence-electron chi connectivity index (χ1n) is 9.13. The van der Waals surface area contributed by atoms with Gasteiger partial charge < -0.3 is 4.90 Å². The summed E-state index contributed by atoms with van der Waals surface area (Å²) >= 11 is 0. The molecular weight excluding hydrogens is 326 g/mol. The van der Waals surface area contributed by atoms with Crippen molar-refractivity contribution in [2.75, 3.05) is 36.0 Å². The molecule has 1 fully saturated rings. The SMILES string of the molecule is CC(C)N1CCN(c2ccc(N3C(=O)c4ccccc4C3=O)cc2)CC1. The lowest BCUT2D eigenvalue weighted by Crippen LogP contribution is -2.48. The van der Waals surface area contributed by atoms with Crippen LogP contribution in [0, 0.1) is 0 Å². The molecule has 1 saturated heterocycles. The highest BCUT2D eigenvalue weighted by Crippen LogP contribution is 2.30. The highest BCUT2D eigenvalue weighted by molar-refractivity contribution is 6.34. The van der Waals surface area contributed by atoms with Crippen molar-refractivity contribution in [3.05, 3.63) is 59.7 Å². The second-order valence-electron chi connectivity index (χ2n) is 7.12. The van der Waals surface area contributed by atoms with Crippen molar-refractivity contribution >= 4 is 23.2 Å². The van der Waals surface area contributed by atoms with Gasteiger partial charge in [-0.15, -0.1) is 0 Å². The molecule has 0 bridgehead atoms. The number of anilines is 2. The van der Waals surface area contributed by atoms with Crippen molar-refractivity contribution in [2.45, 2.75) is 19.9 Å². The topological polar surface area (TPSA) is 43.9 Å². The van der Waals surface area contributed by atoms with Crippen molar-refractivity contribution in [1.82, 2.24) is 4.90 Å². The summed E-state index contributed by atoms with van der Waals surface area (Å²) < 4.78 is 0. The highest BCUT2D eigenvalue weighted by atomic mass is 16.2. The third-order valence-electron chi connectivity index (χ3n) is 5.31. The summed E-state index contributed by atoms with van der Waals surface area (Å²) in [7, 11) is 0. The average molecular weight is 349 g/mol. The second kappa shape index (κ2) is 6.57. The zero-order valence-corrected chi connectivity index (χ0v) is 15.2. The summed E-state index contributed by atoms with van der Waals surface area (Å²) in [6, 6.07) is 15.3. The predicted octanol–water partition coefficient (Wildman–Crippen LogP) is 3.02. The first-order valence-corrected chi connectivity index (χ1v) is 9.13. The van der Waals surface area contributed by atoms with Crippen LogP contribution >= 0.6 is 0 Å². The van der Waals surface area contributed by atoms with Crippen molar-refractivity contribution < 1.29 is 9.59 Å². The van der Waals surface area contributed by atoms with E-state index in [1.165, 1.54) is 4.90 Å². The van der Waals surface area contributed by atoms with Gasteiger partial charge in [0.1, 0.15) is 0 Å². The molecule has 0 unspecified atom stereocenters. The molecule has 2 aliphatic rings. The van der Waals surface area contributed by atoms with E-state index in [4.69, 9.17) is 0 Å². The van der Waals surface area contributed by atoms with E-state index in [-0.39, 0.29) is 11.8 Å². The molecule has 0 spiro atoms. The van der Waals surface area contributed by atoms with E-state index in [1.54, 1.807) is 24.3 Å². The van der Waals surface area contributed by atoms with Crippen molar-refractivity contribution in [2.24, 2.45) is 0 Å².